The van der Waals surface area contributed by atoms with Gasteiger partial charge in [0, 0.05) is 30.7 Å². The van der Waals surface area contributed by atoms with Gasteiger partial charge in [-0.05, 0) is 5.57 Å². The van der Waals surface area contributed by atoms with E-state index >= 15 is 0 Å². The maximum absolute atomic E-state index is 8.25. The Labute approximate surface area is 123 Å². The van der Waals surface area contributed by atoms with Gasteiger partial charge in [0.2, 0.25) is 11.4 Å². The lowest BCUT2D eigenvalue weighted by Crippen LogP contribution is -2.26. The molecular formula is C18H16N3+. The minimum Gasteiger partial charge on any atom is -0.298 e. The summed E-state index contributed by atoms with van der Waals surface area (Å²) in [5.41, 5.74) is 4.01. The van der Waals surface area contributed by atoms with Gasteiger partial charge < -0.3 is 0 Å². The normalized spacial score (nSPS) is 14.7. The highest BCUT2D eigenvalue weighted by Gasteiger charge is 2.35. The lowest BCUT2D eigenvalue weighted by atomic mass is 10.2. The van der Waals surface area contributed by atoms with Gasteiger partial charge in [0.25, 0.3) is 5.71 Å². The third-order valence-corrected chi connectivity index (χ3v) is 3.52. The lowest BCUT2D eigenvalue weighted by molar-refractivity contribution is 1.09. The smallest absolute Gasteiger partial charge is 0.258 e. The van der Waals surface area contributed by atoms with Crippen molar-refractivity contribution in [3.8, 4) is 0 Å². The Balaban J connectivity index is 2.30. The van der Waals surface area contributed by atoms with Crippen LogP contribution < -0.4 is 4.58 Å². The lowest BCUT2D eigenvalue weighted by Gasteiger charge is -2.05. The molecule has 21 heavy (non-hydrogen) atoms. The molecule has 0 unspecified atom stereocenters. The summed E-state index contributed by atoms with van der Waals surface area (Å²) in [6.07, 6.45) is 0.449. The first-order valence-corrected chi connectivity index (χ1v) is 6.80. The highest BCUT2D eigenvalue weighted by Crippen LogP contribution is 2.24. The van der Waals surface area contributed by atoms with Crippen LogP contribution in [0.15, 0.2) is 72.8 Å². The Morgan fingerprint density at radius 2 is 1.29 bits per heavy atom. The van der Waals surface area contributed by atoms with Crippen LogP contribution >= 0.6 is 0 Å². The topological polar surface area (TPSA) is 50.7 Å². The van der Waals surface area contributed by atoms with Crippen LogP contribution in [0.1, 0.15) is 6.42 Å². The first kappa shape index (κ1) is 13.2. The van der Waals surface area contributed by atoms with E-state index in [9.17, 15) is 0 Å². The first-order chi connectivity index (χ1) is 10.2. The molecule has 0 bridgehead atoms. The van der Waals surface area contributed by atoms with Gasteiger partial charge >= 0.3 is 0 Å². The predicted molar refractivity (Wildman–Crippen MR) is 88.6 cm³/mol. The molecule has 0 amide bonds. The van der Waals surface area contributed by atoms with E-state index in [1.54, 1.807) is 0 Å². The molecule has 1 fully saturated rings. The van der Waals surface area contributed by atoms with Crippen molar-refractivity contribution >= 4 is 28.5 Å². The van der Waals surface area contributed by atoms with E-state index < -0.39 is 0 Å². The Morgan fingerprint density at radius 3 is 1.67 bits per heavy atom. The molecule has 3 nitrogen and oxygen atoms in total. The summed E-state index contributed by atoms with van der Waals surface area (Å²) >= 11 is 0. The van der Waals surface area contributed by atoms with Crippen LogP contribution in [-0.4, -0.2) is 17.1 Å². The summed E-state index contributed by atoms with van der Waals surface area (Å²) in [5, 5.41) is 16.5. The average molecular weight is 274 g/mol. The van der Waals surface area contributed by atoms with Crippen molar-refractivity contribution in [3.05, 3.63) is 72.8 Å². The van der Waals surface area contributed by atoms with Crippen molar-refractivity contribution in [2.75, 3.05) is 0 Å². The Hall–Kier alpha value is -2.81. The van der Waals surface area contributed by atoms with Crippen molar-refractivity contribution in [2.24, 2.45) is 0 Å². The van der Waals surface area contributed by atoms with Crippen molar-refractivity contribution in [1.29, 1.82) is 10.8 Å². The fourth-order valence-corrected chi connectivity index (χ4v) is 2.51. The highest BCUT2D eigenvalue weighted by molar-refractivity contribution is 6.75. The molecule has 2 aromatic carbocycles. The number of nitrogens with zero attached hydrogens (tertiary/aromatic N) is 1. The summed E-state index contributed by atoms with van der Waals surface area (Å²) < 4.78 is 1.96. The standard InChI is InChI=1S/C18H16N3/c1-13-12-16(19)18(17(13)20)21(14-8-4-2-5-9-14)15-10-6-3-7-11-15/h2-11,19-20H,1,12H2/q+1. The molecule has 0 saturated heterocycles. The number of rotatable bonds is 2. The second kappa shape index (κ2) is 5.29. The number of para-hydroxylation sites is 2. The summed E-state index contributed by atoms with van der Waals surface area (Å²) in [4.78, 5) is 0. The van der Waals surface area contributed by atoms with E-state index in [0.717, 1.165) is 11.4 Å². The maximum atomic E-state index is 8.25. The van der Waals surface area contributed by atoms with Gasteiger partial charge in [-0.2, -0.15) is 4.58 Å². The number of hydrogen-bond acceptors (Lipinski definition) is 2. The molecule has 1 aliphatic carbocycles. The minimum atomic E-state index is 0.354. The van der Waals surface area contributed by atoms with Crippen molar-refractivity contribution in [3.63, 3.8) is 0 Å². The molecule has 2 aromatic rings. The quantitative estimate of drug-likeness (QED) is 0.779. The molecule has 1 saturated carbocycles. The number of hydrogen-bond donors (Lipinski definition) is 2. The molecule has 0 atom stereocenters. The average Bonchev–Trinajstić information content (AvgIpc) is 2.76. The minimum absolute atomic E-state index is 0.354. The van der Waals surface area contributed by atoms with Gasteiger partial charge in [-0.25, -0.2) is 0 Å². The van der Waals surface area contributed by atoms with Gasteiger partial charge in [-0.15, -0.1) is 0 Å². The summed E-state index contributed by atoms with van der Waals surface area (Å²) in [7, 11) is 0. The van der Waals surface area contributed by atoms with E-state index in [0.29, 0.717) is 29.1 Å². The number of nitrogens with one attached hydrogen (secondary N) is 2. The fourth-order valence-electron chi connectivity index (χ4n) is 2.51. The monoisotopic (exact) mass is 274 g/mol. The molecule has 0 radical (unpaired) electrons. The third-order valence-electron chi connectivity index (χ3n) is 3.52. The molecule has 1 aliphatic rings. The molecule has 2 N–H and O–H groups in total. The number of allylic oxidation sites excluding steroid dienone is 1. The van der Waals surface area contributed by atoms with Crippen LogP contribution in [-0.2, 0) is 0 Å². The maximum Gasteiger partial charge on any atom is 0.258 e. The van der Waals surface area contributed by atoms with E-state index in [4.69, 9.17) is 10.8 Å². The molecule has 3 heteroatoms. The van der Waals surface area contributed by atoms with Crippen molar-refractivity contribution in [2.45, 2.75) is 6.42 Å². The second-order valence-corrected chi connectivity index (χ2v) is 4.99. The van der Waals surface area contributed by atoms with Crippen LogP contribution in [0.3, 0.4) is 0 Å². The Morgan fingerprint density at radius 1 is 0.810 bits per heavy atom. The van der Waals surface area contributed by atoms with Gasteiger partial charge in [-0.1, -0.05) is 43.0 Å². The van der Waals surface area contributed by atoms with Crippen LogP contribution in [0.5, 0.6) is 0 Å². The summed E-state index contributed by atoms with van der Waals surface area (Å²) in [6, 6.07) is 19.7. The van der Waals surface area contributed by atoms with Gasteiger partial charge in [-0.3, -0.25) is 10.8 Å². The first-order valence-electron chi connectivity index (χ1n) is 6.80. The zero-order valence-corrected chi connectivity index (χ0v) is 11.6. The van der Waals surface area contributed by atoms with E-state index in [1.165, 1.54) is 0 Å². The van der Waals surface area contributed by atoms with Crippen LogP contribution in [0.25, 0.3) is 0 Å². The SMILES string of the molecule is C=C1CC(=N)C(=[N+](c2ccccc2)c2ccccc2)C1=N. The van der Waals surface area contributed by atoms with E-state index in [1.807, 2.05) is 65.2 Å². The zero-order chi connectivity index (χ0) is 14.8. The van der Waals surface area contributed by atoms with E-state index in [-0.39, 0.29) is 0 Å². The molecule has 3 rings (SSSR count). The zero-order valence-electron chi connectivity index (χ0n) is 11.6. The molecule has 0 aliphatic heterocycles. The number of benzene rings is 2. The van der Waals surface area contributed by atoms with Crippen LogP contribution in [0.2, 0.25) is 0 Å². The van der Waals surface area contributed by atoms with Gasteiger partial charge in [0.05, 0.1) is 0 Å². The van der Waals surface area contributed by atoms with E-state index in [2.05, 4.69) is 6.58 Å². The second-order valence-electron chi connectivity index (χ2n) is 4.99. The molecule has 0 heterocycles. The molecule has 102 valence electrons. The van der Waals surface area contributed by atoms with Crippen LogP contribution in [0, 0.1) is 10.8 Å². The van der Waals surface area contributed by atoms with Crippen molar-refractivity contribution < 1.29 is 0 Å². The summed E-state index contributed by atoms with van der Waals surface area (Å²) in [5.74, 6) is 0. The fraction of sp³-hybridized carbons (Fsp3) is 0.0556. The third kappa shape index (κ3) is 2.34. The highest BCUT2D eigenvalue weighted by atomic mass is 15.0. The molecule has 0 aromatic heterocycles. The molecular weight excluding hydrogens is 258 g/mol. The summed E-state index contributed by atoms with van der Waals surface area (Å²) in [6.45, 7) is 3.89. The van der Waals surface area contributed by atoms with Gasteiger partial charge in [0.15, 0.2) is 0 Å². The van der Waals surface area contributed by atoms with Crippen molar-refractivity contribution in [1.82, 2.24) is 4.58 Å². The Kier molecular flexibility index (Phi) is 3.32. The van der Waals surface area contributed by atoms with Crippen LogP contribution in [0.4, 0.5) is 11.4 Å². The van der Waals surface area contributed by atoms with Gasteiger partial charge in [0.1, 0.15) is 11.4 Å². The predicted octanol–water partition coefficient (Wildman–Crippen LogP) is 3.96. The largest absolute Gasteiger partial charge is 0.298 e. The Bertz CT molecular complexity index is 714. The molecule has 0 spiro atoms.